The summed E-state index contributed by atoms with van der Waals surface area (Å²) < 4.78 is 12.1. The number of aromatic hydroxyl groups is 1. The third-order valence-electron chi connectivity index (χ3n) is 4.18. The molecule has 0 atom stereocenters. The Morgan fingerprint density at radius 1 is 1.13 bits per heavy atom. The summed E-state index contributed by atoms with van der Waals surface area (Å²) in [5, 5.41) is 20.6. The van der Waals surface area contributed by atoms with Crippen molar-refractivity contribution < 1.29 is 14.4 Å². The molecule has 0 unspecified atom stereocenters. The van der Waals surface area contributed by atoms with Crippen LogP contribution in [-0.4, -0.2) is 28.4 Å². The number of benzene rings is 1. The molecule has 120 valence electrons. The van der Waals surface area contributed by atoms with Gasteiger partial charge in [-0.2, -0.15) is 0 Å². The van der Waals surface area contributed by atoms with Gasteiger partial charge in [-0.3, -0.25) is 0 Å². The van der Waals surface area contributed by atoms with Gasteiger partial charge in [-0.25, -0.2) is 4.98 Å². The van der Waals surface area contributed by atoms with E-state index < -0.39 is 18.3 Å². The first-order valence-electron chi connectivity index (χ1n) is 7.28. The minimum Gasteiger partial charge on any atom is -0.508 e. The number of thiazole rings is 1. The first kappa shape index (κ1) is 16.1. The molecule has 0 amide bonds. The van der Waals surface area contributed by atoms with E-state index in [2.05, 4.69) is 15.2 Å². The number of nitrogens with zero attached hydrogens (tertiary/aromatic N) is 3. The monoisotopic (exact) mass is 331 g/mol. The number of azo groups is 1. The molecule has 8 heteroatoms. The van der Waals surface area contributed by atoms with E-state index in [9.17, 15) is 5.11 Å². The highest BCUT2D eigenvalue weighted by atomic mass is 32.1. The highest BCUT2D eigenvalue weighted by Gasteiger charge is 2.52. The standard InChI is InChI=1S/C15H18BN3O3S/c1-14(2)15(3,4)22-16(21-14)11-9-10(20)5-6-12(11)18-19-13-17-7-8-23-13/h5-9,20H,1-4H3. The third-order valence-corrected chi connectivity index (χ3v) is 4.84. The van der Waals surface area contributed by atoms with Gasteiger partial charge in [0.15, 0.2) is 0 Å². The van der Waals surface area contributed by atoms with Gasteiger partial charge >= 0.3 is 7.12 Å². The van der Waals surface area contributed by atoms with Crippen molar-refractivity contribution in [2.45, 2.75) is 38.9 Å². The maximum Gasteiger partial charge on any atom is 0.497 e. The van der Waals surface area contributed by atoms with E-state index in [0.29, 0.717) is 16.3 Å². The zero-order valence-electron chi connectivity index (χ0n) is 13.5. The molecule has 6 nitrogen and oxygen atoms in total. The van der Waals surface area contributed by atoms with Gasteiger partial charge in [0.25, 0.3) is 0 Å². The number of phenolic OH excluding ortho intramolecular Hbond substituents is 1. The Morgan fingerprint density at radius 3 is 2.43 bits per heavy atom. The second-order valence-corrected chi connectivity index (χ2v) is 7.22. The van der Waals surface area contributed by atoms with Crippen LogP contribution in [-0.2, 0) is 9.31 Å². The fraction of sp³-hybridized carbons (Fsp3) is 0.400. The van der Waals surface area contributed by atoms with Crippen LogP contribution in [0.1, 0.15) is 27.7 Å². The average molecular weight is 331 g/mol. The quantitative estimate of drug-likeness (QED) is 0.689. The zero-order valence-corrected chi connectivity index (χ0v) is 14.3. The van der Waals surface area contributed by atoms with Gasteiger partial charge < -0.3 is 14.4 Å². The largest absolute Gasteiger partial charge is 0.508 e. The van der Waals surface area contributed by atoms with Crippen LogP contribution in [0.3, 0.4) is 0 Å². The normalized spacial score (nSPS) is 19.6. The SMILES string of the molecule is CC1(C)OB(c2cc(O)ccc2N=Nc2nccs2)OC1(C)C. The van der Waals surface area contributed by atoms with Crippen LogP contribution in [0.15, 0.2) is 40.0 Å². The Balaban J connectivity index is 1.95. The van der Waals surface area contributed by atoms with Crippen LogP contribution >= 0.6 is 11.3 Å². The van der Waals surface area contributed by atoms with E-state index in [4.69, 9.17) is 9.31 Å². The molecule has 2 aromatic rings. The molecule has 1 N–H and O–H groups in total. The third kappa shape index (κ3) is 3.15. The highest BCUT2D eigenvalue weighted by molar-refractivity contribution is 7.13. The summed E-state index contributed by atoms with van der Waals surface area (Å²) in [7, 11) is -0.614. The number of phenols is 1. The van der Waals surface area contributed by atoms with Crippen molar-refractivity contribution in [3.8, 4) is 5.75 Å². The fourth-order valence-corrected chi connectivity index (χ4v) is 2.61. The molecule has 0 aliphatic carbocycles. The molecule has 1 fully saturated rings. The topological polar surface area (TPSA) is 76.3 Å². The van der Waals surface area contributed by atoms with Crippen molar-refractivity contribution in [1.29, 1.82) is 0 Å². The van der Waals surface area contributed by atoms with Crippen LogP contribution in [0.5, 0.6) is 5.75 Å². The predicted octanol–water partition coefficient (Wildman–Crippen LogP) is 3.56. The van der Waals surface area contributed by atoms with Crippen LogP contribution in [0.4, 0.5) is 10.8 Å². The molecular formula is C15H18BN3O3S. The Morgan fingerprint density at radius 2 is 1.83 bits per heavy atom. The van der Waals surface area contributed by atoms with E-state index >= 15 is 0 Å². The molecule has 0 saturated carbocycles. The molecular weight excluding hydrogens is 313 g/mol. The lowest BCUT2D eigenvalue weighted by Crippen LogP contribution is -2.41. The summed E-state index contributed by atoms with van der Waals surface area (Å²) >= 11 is 1.40. The van der Waals surface area contributed by atoms with Crippen LogP contribution in [0.2, 0.25) is 0 Å². The number of hydrogen-bond donors (Lipinski definition) is 1. The van der Waals surface area contributed by atoms with Crippen molar-refractivity contribution in [3.05, 3.63) is 29.8 Å². The van der Waals surface area contributed by atoms with Gasteiger partial charge in [0.1, 0.15) is 5.75 Å². The lowest BCUT2D eigenvalue weighted by molar-refractivity contribution is 0.00578. The van der Waals surface area contributed by atoms with Gasteiger partial charge in [0.2, 0.25) is 5.13 Å². The first-order chi connectivity index (χ1) is 10.8. The summed E-state index contributed by atoms with van der Waals surface area (Å²) in [5.74, 6) is 0.128. The molecule has 0 bridgehead atoms. The summed E-state index contributed by atoms with van der Waals surface area (Å²) in [6, 6.07) is 4.84. The fourth-order valence-electron chi connectivity index (χ4n) is 2.15. The Labute approximate surface area is 139 Å². The van der Waals surface area contributed by atoms with Gasteiger partial charge in [-0.1, -0.05) is 0 Å². The van der Waals surface area contributed by atoms with Gasteiger partial charge in [-0.15, -0.1) is 21.6 Å². The van der Waals surface area contributed by atoms with E-state index in [1.54, 1.807) is 24.4 Å². The average Bonchev–Trinajstić information content (AvgIpc) is 3.04. The molecule has 1 saturated heterocycles. The van der Waals surface area contributed by atoms with E-state index in [1.807, 2.05) is 33.1 Å². The molecule has 2 heterocycles. The minimum atomic E-state index is -0.614. The zero-order chi connectivity index (χ0) is 16.7. The Hall–Kier alpha value is -1.77. The van der Waals surface area contributed by atoms with Crippen molar-refractivity contribution in [2.24, 2.45) is 10.2 Å². The molecule has 1 aliphatic rings. The van der Waals surface area contributed by atoms with Crippen LogP contribution < -0.4 is 5.46 Å². The summed E-state index contributed by atoms with van der Waals surface area (Å²) in [5.41, 5.74) is 0.292. The van der Waals surface area contributed by atoms with Gasteiger partial charge in [-0.05, 0) is 45.9 Å². The lowest BCUT2D eigenvalue weighted by Gasteiger charge is -2.32. The number of aromatic nitrogens is 1. The van der Waals surface area contributed by atoms with E-state index in [-0.39, 0.29) is 5.75 Å². The molecule has 0 radical (unpaired) electrons. The maximum absolute atomic E-state index is 9.82. The summed E-state index contributed by atoms with van der Waals surface area (Å²) in [6.07, 6.45) is 1.67. The predicted molar refractivity (Wildman–Crippen MR) is 90.1 cm³/mol. The van der Waals surface area contributed by atoms with E-state index in [1.165, 1.54) is 11.3 Å². The van der Waals surface area contributed by atoms with Gasteiger partial charge in [0.05, 0.1) is 16.9 Å². The Bertz CT molecular complexity index is 716. The second-order valence-electron chi connectivity index (χ2n) is 6.35. The first-order valence-corrected chi connectivity index (χ1v) is 8.16. The molecule has 1 aromatic heterocycles. The smallest absolute Gasteiger partial charge is 0.497 e. The van der Waals surface area contributed by atoms with E-state index in [0.717, 1.165) is 0 Å². The van der Waals surface area contributed by atoms with Gasteiger partial charge in [0, 0.05) is 17.0 Å². The Kier molecular flexibility index (Phi) is 3.99. The van der Waals surface area contributed by atoms with Crippen molar-refractivity contribution in [2.75, 3.05) is 0 Å². The van der Waals surface area contributed by atoms with Crippen molar-refractivity contribution in [3.63, 3.8) is 0 Å². The van der Waals surface area contributed by atoms with Crippen molar-refractivity contribution >= 4 is 34.7 Å². The second kappa shape index (κ2) is 5.70. The minimum absolute atomic E-state index is 0.128. The van der Waals surface area contributed by atoms with Crippen molar-refractivity contribution in [1.82, 2.24) is 4.98 Å². The maximum atomic E-state index is 9.82. The molecule has 23 heavy (non-hydrogen) atoms. The summed E-state index contributed by atoms with van der Waals surface area (Å²) in [4.78, 5) is 4.07. The molecule has 1 aliphatic heterocycles. The molecule has 1 aromatic carbocycles. The van der Waals surface area contributed by atoms with Crippen LogP contribution in [0, 0.1) is 0 Å². The van der Waals surface area contributed by atoms with Crippen LogP contribution in [0.25, 0.3) is 0 Å². The number of hydrogen-bond acceptors (Lipinski definition) is 7. The number of rotatable bonds is 3. The lowest BCUT2D eigenvalue weighted by atomic mass is 9.78. The summed E-state index contributed by atoms with van der Waals surface area (Å²) in [6.45, 7) is 7.91. The molecule has 0 spiro atoms. The highest BCUT2D eigenvalue weighted by Crippen LogP contribution is 2.37. The molecule has 3 rings (SSSR count).